The van der Waals surface area contributed by atoms with Crippen LogP contribution in [0.3, 0.4) is 0 Å². The fraction of sp³-hybridized carbons (Fsp3) is 0.336. The molecule has 0 N–H and O–H groups in total. The van der Waals surface area contributed by atoms with Gasteiger partial charge in [-0.1, -0.05) is 188 Å². The second-order valence-electron chi connectivity index (χ2n) is 36.9. The number of Topliss-reactive ketones (excluding diaryl/α,β-unsaturated/α-hetero) is 6. The average molecular weight is 2140 g/mol. The van der Waals surface area contributed by atoms with Crippen LogP contribution in [-0.4, -0.2) is 112 Å². The quantitative estimate of drug-likeness (QED) is 0.0198. The molecule has 0 spiro atoms. The second-order valence-corrected chi connectivity index (χ2v) is 43.4. The van der Waals surface area contributed by atoms with Gasteiger partial charge in [0.15, 0.2) is 40.4 Å². The first-order valence-corrected chi connectivity index (χ1v) is 55.5. The van der Waals surface area contributed by atoms with Gasteiger partial charge in [-0.05, 0) is 352 Å². The number of pyridine rings is 2. The van der Waals surface area contributed by atoms with Crippen LogP contribution in [0.25, 0.3) is 21.2 Å². The van der Waals surface area contributed by atoms with Crippen molar-refractivity contribution in [2.45, 2.75) is 235 Å². The van der Waals surface area contributed by atoms with Crippen LogP contribution in [0.2, 0.25) is 15.1 Å². The number of ketones is 6. The third-order valence-electron chi connectivity index (χ3n) is 25.8. The summed E-state index contributed by atoms with van der Waals surface area (Å²) < 4.78 is 60.3. The first kappa shape index (κ1) is 105. The zero-order valence-corrected chi connectivity index (χ0v) is 88.1. The normalized spacial score (nSPS) is 14.3. The van der Waals surface area contributed by atoms with Crippen molar-refractivity contribution >= 4 is 172 Å². The monoisotopic (exact) mass is 2140 g/mol. The maximum atomic E-state index is 13.7. The smallest absolute Gasteiger partial charge is 0.213 e. The fourth-order valence-corrected chi connectivity index (χ4v) is 22.6. The van der Waals surface area contributed by atoms with Crippen molar-refractivity contribution < 1.29 is 42.3 Å². The molecule has 7 fully saturated rings. The maximum Gasteiger partial charge on any atom is 0.213 e. The number of hydrogen-bond acceptors (Lipinski definition) is 30. The molecular weight excluding hydrogens is 2040 g/mol. The van der Waals surface area contributed by atoms with Gasteiger partial charge in [0.05, 0.1) is 51.3 Å². The maximum absolute atomic E-state index is 13.7. The molecule has 16 aromatic rings. The molecule has 36 heteroatoms. The van der Waals surface area contributed by atoms with Gasteiger partial charge >= 0.3 is 0 Å². The SMILES string of the molecule is C=C(CCc1cccc(F)n1)c1snnc1C1CC1.Cc1cccc(Cl)c1CCC(=O)c1snnc1C1CC1.Cc1cccc(F)c1CCC(=O)c1snnc1C1CC1.O=C(CCc1c(Cl)cccc1Oc1ccccc1)c1snnc1C1CC1.O=C(CCc1cccc2ccccc12)c1snnc1C1CC1.O=C(CCc1ccccn1)c1snnc1C1CC1.[C-]#[N+]c1cccc(Cl)c1CCC(=O)c1snnc1C1CC1. The van der Waals surface area contributed by atoms with E-state index < -0.39 is 5.95 Å². The van der Waals surface area contributed by atoms with Gasteiger partial charge in [0.25, 0.3) is 0 Å². The van der Waals surface area contributed by atoms with E-state index in [2.05, 4.69) is 119 Å². The van der Waals surface area contributed by atoms with E-state index in [4.69, 9.17) is 46.1 Å². The Morgan fingerprint density at radius 2 is 0.705 bits per heavy atom. The van der Waals surface area contributed by atoms with E-state index in [-0.39, 0.29) is 40.5 Å². The van der Waals surface area contributed by atoms with E-state index in [0.29, 0.717) is 160 Å². The number of halogens is 5. The highest BCUT2D eigenvalue weighted by molar-refractivity contribution is 7.09. The molecule has 0 unspecified atom stereocenters. The molecule has 146 heavy (non-hydrogen) atoms. The summed E-state index contributed by atoms with van der Waals surface area (Å²) in [4.78, 5) is 91.2. The number of aromatic nitrogens is 16. The van der Waals surface area contributed by atoms with Gasteiger partial charge in [-0.25, -0.2) is 14.2 Å². The molecule has 0 aliphatic heterocycles. The Bertz CT molecular complexity index is 7190. The van der Waals surface area contributed by atoms with Crippen LogP contribution >= 0.6 is 116 Å². The molecule has 23 rings (SSSR count). The minimum atomic E-state index is -0.429. The van der Waals surface area contributed by atoms with Crippen molar-refractivity contribution in [3.63, 3.8) is 0 Å². The second kappa shape index (κ2) is 50.9. The zero-order valence-electron chi connectivity index (χ0n) is 80.2. The van der Waals surface area contributed by atoms with E-state index in [1.54, 1.807) is 36.5 Å². The Morgan fingerprint density at radius 1 is 0.356 bits per heavy atom. The van der Waals surface area contributed by atoms with Crippen LogP contribution in [0.4, 0.5) is 14.5 Å². The lowest BCUT2D eigenvalue weighted by molar-refractivity contribution is 0.0977. The summed E-state index contributed by atoms with van der Waals surface area (Å²) >= 11 is 27.4. The molecule has 0 bridgehead atoms. The molecule has 0 radical (unpaired) electrons. The molecule has 0 saturated heterocycles. The Labute approximate surface area is 888 Å². The van der Waals surface area contributed by atoms with E-state index >= 15 is 0 Å². The number of allylic oxidation sites excluding steroid dienone is 1. The average Bonchev–Trinajstić information content (AvgIpc) is 1.72. The van der Waals surface area contributed by atoms with Gasteiger partial charge in [-0.2, -0.15) is 4.39 Å². The molecular formula is C110H102Cl3F2N17O7S7. The van der Waals surface area contributed by atoms with Gasteiger partial charge in [-0.3, -0.25) is 33.8 Å². The summed E-state index contributed by atoms with van der Waals surface area (Å²) in [6.07, 6.45) is 25.1. The Kier molecular flexibility index (Phi) is 36.7. The Hall–Kier alpha value is -12.2. The summed E-state index contributed by atoms with van der Waals surface area (Å²) in [5.74, 6) is 4.66. The highest BCUT2D eigenvalue weighted by atomic mass is 35.5. The van der Waals surface area contributed by atoms with Crippen LogP contribution in [0.15, 0.2) is 195 Å². The number of fused-ring (bicyclic) bond motifs is 1. The van der Waals surface area contributed by atoms with Crippen molar-refractivity contribution in [1.82, 2.24) is 77.1 Å². The first-order valence-electron chi connectivity index (χ1n) is 48.9. The fourth-order valence-electron chi connectivity index (χ4n) is 16.7. The lowest BCUT2D eigenvalue weighted by Crippen LogP contribution is -2.04. The van der Waals surface area contributed by atoms with Gasteiger partial charge < -0.3 is 4.74 Å². The van der Waals surface area contributed by atoms with Crippen molar-refractivity contribution in [2.75, 3.05) is 0 Å². The highest BCUT2D eigenvalue weighted by Crippen LogP contribution is 2.49. The number of nitrogens with zero attached hydrogens (tertiary/aromatic N) is 17. The lowest BCUT2D eigenvalue weighted by atomic mass is 9.99. The molecule has 7 saturated carbocycles. The third kappa shape index (κ3) is 29.0. The minimum Gasteiger partial charge on any atom is -0.457 e. The molecule has 7 aromatic carbocycles. The van der Waals surface area contributed by atoms with E-state index in [9.17, 15) is 37.5 Å². The van der Waals surface area contributed by atoms with Crippen molar-refractivity contribution in [3.05, 3.63) is 357 Å². The van der Waals surface area contributed by atoms with Crippen LogP contribution in [0.5, 0.6) is 11.5 Å². The minimum absolute atomic E-state index is 0.0320. The first-order chi connectivity index (χ1) is 71.2. The molecule has 746 valence electrons. The predicted octanol–water partition coefficient (Wildman–Crippen LogP) is 28.6. The number of aryl methyl sites for hydroxylation is 5. The van der Waals surface area contributed by atoms with Crippen molar-refractivity contribution in [1.29, 1.82) is 0 Å². The number of benzene rings is 7. The standard InChI is InChI=1S/C20H17ClN2O2S.C18H16N2OS.C15H12ClN3OS.C15H15ClN2OS.C15H15FN2OS.C14H14FN3S.C13H13N3OS/c21-16-7-4-8-18(25-14-5-2-1-3-6-14)15(16)11-12-17(24)20-19(13-9-10-13)22-23-26-20;21-16(18-17(14-8-9-14)19-20-22-18)11-10-13-6-3-5-12-4-1-2-7-15(12)13;1-17-12-4-2-3-11(16)10(12)7-8-13(20)15-14(9-5-6-9)18-19-21-15;2*1-9-3-2-4-12(16)11(9)7-8-13(19)15-14(10-5-6-10)17-18-20-15;1-9(5-8-11-3-2-4-12(15)16-11)14-13(10-6-7-10)17-18-19-14;17-11(7-6-10-3-1-2-8-14-10)13-12(9-4-5-9)15-16-18-13/h1-8,13H,9-12H2;1-7,14H,8-11H2;2-4,9H,5-8H2;2*2-4,10H,5-8H2,1H3;2-4,10H,1,5-8H2;1-3,8-9H,4-7H2. The van der Waals surface area contributed by atoms with Gasteiger partial charge in [0, 0.05) is 118 Å². The summed E-state index contributed by atoms with van der Waals surface area (Å²) in [5, 5.41) is 33.2. The van der Waals surface area contributed by atoms with Crippen LogP contribution in [0, 0.1) is 32.2 Å². The summed E-state index contributed by atoms with van der Waals surface area (Å²) in [7, 11) is 0. The number of rotatable bonds is 37. The number of ether oxygens (including phenoxy) is 1. The number of carbonyl (C=O) groups excluding carboxylic acids is 6. The largest absolute Gasteiger partial charge is 0.457 e. The Morgan fingerprint density at radius 3 is 1.15 bits per heavy atom. The predicted molar refractivity (Wildman–Crippen MR) is 572 cm³/mol. The van der Waals surface area contributed by atoms with Gasteiger partial charge in [-0.15, -0.1) is 35.7 Å². The third-order valence-corrected chi connectivity index (χ3v) is 32.5. The molecule has 0 atom stereocenters. The molecule has 0 amide bonds. The van der Waals surface area contributed by atoms with E-state index in [1.807, 2.05) is 123 Å². The topological polar surface area (TPSA) is 322 Å². The summed E-state index contributed by atoms with van der Waals surface area (Å²) in [6, 6.07) is 56.4. The summed E-state index contributed by atoms with van der Waals surface area (Å²) in [6.45, 7) is 15.2. The van der Waals surface area contributed by atoms with E-state index in [1.165, 1.54) is 122 Å². The molecule has 9 heterocycles. The number of hydrogen-bond donors (Lipinski definition) is 0. The van der Waals surface area contributed by atoms with Crippen molar-refractivity contribution in [3.8, 4) is 11.5 Å². The molecule has 7 aliphatic rings. The van der Waals surface area contributed by atoms with Crippen LogP contribution in [0.1, 0.15) is 329 Å². The molecule has 24 nitrogen and oxygen atoms in total. The highest BCUT2D eigenvalue weighted by Gasteiger charge is 2.38. The van der Waals surface area contributed by atoms with Crippen LogP contribution < -0.4 is 4.74 Å². The van der Waals surface area contributed by atoms with Gasteiger partial charge in [0.1, 0.15) is 46.6 Å². The van der Waals surface area contributed by atoms with Crippen molar-refractivity contribution in [2.24, 2.45) is 0 Å². The zero-order chi connectivity index (χ0) is 102. The van der Waals surface area contributed by atoms with E-state index in [0.717, 1.165) is 205 Å². The van der Waals surface area contributed by atoms with Crippen LogP contribution in [-0.2, 0) is 44.9 Å². The Balaban J connectivity index is 0.000000117. The lowest BCUT2D eigenvalue weighted by Gasteiger charge is -2.12. The molecule has 7 aliphatic carbocycles. The number of carbonyl (C=O) groups is 6. The number of para-hydroxylation sites is 1. The van der Waals surface area contributed by atoms with Gasteiger partial charge in [0.2, 0.25) is 5.95 Å². The molecule has 9 aromatic heterocycles. The summed E-state index contributed by atoms with van der Waals surface area (Å²) in [5.41, 5.74) is 16.3.